The number of nitrogen functional groups attached to an aromatic ring is 1. The number of nitrogens with one attached hydrogen (secondary N) is 1. The average Bonchev–Trinajstić information content (AvgIpc) is 2.28. The van der Waals surface area contributed by atoms with Crippen LogP contribution in [0.4, 0.5) is 26.0 Å². The van der Waals surface area contributed by atoms with E-state index in [1.807, 2.05) is 0 Å². The molecule has 1 aromatic heterocycles. The van der Waals surface area contributed by atoms with Crippen molar-refractivity contribution in [2.75, 3.05) is 11.1 Å². The van der Waals surface area contributed by atoms with E-state index in [2.05, 4.69) is 26.2 Å². The molecule has 0 spiro atoms. The summed E-state index contributed by atoms with van der Waals surface area (Å²) in [4.78, 5) is 3.86. The Labute approximate surface area is 115 Å². The summed E-state index contributed by atoms with van der Waals surface area (Å²) in [6.45, 7) is 0. The molecule has 2 rings (SSSR count). The third-order valence-corrected chi connectivity index (χ3v) is 2.81. The maximum absolute atomic E-state index is 13.6. The Morgan fingerprint density at radius 3 is 2.44 bits per heavy atom. The monoisotopic (exact) mass is 333 g/mol. The van der Waals surface area contributed by atoms with Crippen LogP contribution < -0.4 is 11.1 Å². The number of rotatable bonds is 2. The maximum Gasteiger partial charge on any atom is 0.155 e. The van der Waals surface area contributed by atoms with Crippen molar-refractivity contribution in [2.45, 2.75) is 0 Å². The Hall–Kier alpha value is -1.40. The third kappa shape index (κ3) is 2.70. The zero-order valence-corrected chi connectivity index (χ0v) is 11.2. The number of halogens is 4. The minimum absolute atomic E-state index is 0.0997. The topological polar surface area (TPSA) is 50.9 Å². The van der Waals surface area contributed by atoms with E-state index in [1.165, 1.54) is 12.1 Å². The van der Waals surface area contributed by atoms with Crippen LogP contribution in [-0.2, 0) is 0 Å². The Morgan fingerprint density at radius 2 is 1.83 bits per heavy atom. The van der Waals surface area contributed by atoms with E-state index in [-0.39, 0.29) is 22.3 Å². The van der Waals surface area contributed by atoms with E-state index in [0.717, 1.165) is 12.1 Å². The fourth-order valence-corrected chi connectivity index (χ4v) is 1.88. The number of pyridine rings is 1. The summed E-state index contributed by atoms with van der Waals surface area (Å²) in [6.07, 6.45) is 0. The van der Waals surface area contributed by atoms with Crippen molar-refractivity contribution in [1.29, 1.82) is 0 Å². The molecule has 0 aliphatic carbocycles. The van der Waals surface area contributed by atoms with Gasteiger partial charge >= 0.3 is 0 Å². The molecule has 18 heavy (non-hydrogen) atoms. The van der Waals surface area contributed by atoms with Crippen molar-refractivity contribution < 1.29 is 8.78 Å². The summed E-state index contributed by atoms with van der Waals surface area (Å²) in [7, 11) is 0. The lowest BCUT2D eigenvalue weighted by Crippen LogP contribution is -2.03. The number of hydrogen-bond donors (Lipinski definition) is 2. The van der Waals surface area contributed by atoms with Crippen LogP contribution in [0.25, 0.3) is 0 Å². The van der Waals surface area contributed by atoms with Crippen molar-refractivity contribution >= 4 is 44.7 Å². The highest BCUT2D eigenvalue weighted by Crippen LogP contribution is 2.28. The molecule has 0 aliphatic heterocycles. The zero-order chi connectivity index (χ0) is 13.3. The van der Waals surface area contributed by atoms with Gasteiger partial charge in [0, 0.05) is 4.47 Å². The number of aromatic nitrogens is 1. The van der Waals surface area contributed by atoms with Crippen LogP contribution in [0.5, 0.6) is 0 Å². The molecule has 0 saturated heterocycles. The third-order valence-electron chi connectivity index (χ3n) is 2.14. The van der Waals surface area contributed by atoms with E-state index in [9.17, 15) is 8.78 Å². The summed E-state index contributed by atoms with van der Waals surface area (Å²) < 4.78 is 27.5. The Bertz CT molecular complexity index is 584. The van der Waals surface area contributed by atoms with Gasteiger partial charge in [-0.25, -0.2) is 13.8 Å². The Kier molecular flexibility index (Phi) is 3.68. The maximum atomic E-state index is 13.6. The first-order valence-corrected chi connectivity index (χ1v) is 5.98. The smallest absolute Gasteiger partial charge is 0.155 e. The van der Waals surface area contributed by atoms with E-state index in [0.29, 0.717) is 4.47 Å². The molecule has 0 unspecified atom stereocenters. The molecule has 3 nitrogen and oxygen atoms in total. The lowest BCUT2D eigenvalue weighted by molar-refractivity contribution is 0.589. The van der Waals surface area contributed by atoms with E-state index in [1.54, 1.807) is 0 Å². The van der Waals surface area contributed by atoms with Gasteiger partial charge in [0.05, 0.1) is 5.69 Å². The molecule has 0 saturated carbocycles. The van der Waals surface area contributed by atoms with Gasteiger partial charge < -0.3 is 11.1 Å². The molecular weight excluding hydrogens is 327 g/mol. The summed E-state index contributed by atoms with van der Waals surface area (Å²) in [6, 6.07) is 5.24. The van der Waals surface area contributed by atoms with Gasteiger partial charge in [-0.3, -0.25) is 0 Å². The molecule has 2 aromatic rings. The lowest BCUT2D eigenvalue weighted by atomic mass is 10.3. The molecule has 0 aliphatic rings. The van der Waals surface area contributed by atoms with Gasteiger partial charge in [0.15, 0.2) is 17.5 Å². The fourth-order valence-electron chi connectivity index (χ4n) is 1.33. The van der Waals surface area contributed by atoms with Crippen molar-refractivity contribution in [3.63, 3.8) is 0 Å². The summed E-state index contributed by atoms with van der Waals surface area (Å²) in [5, 5.41) is 2.66. The van der Waals surface area contributed by atoms with Crippen LogP contribution in [0.2, 0.25) is 5.15 Å². The molecular formula is C11H7BrClF2N3. The van der Waals surface area contributed by atoms with Crippen LogP contribution in [0.15, 0.2) is 28.7 Å². The molecule has 3 N–H and O–H groups in total. The summed E-state index contributed by atoms with van der Waals surface area (Å²) >= 11 is 8.68. The molecule has 0 atom stereocenters. The predicted molar refractivity (Wildman–Crippen MR) is 71.0 cm³/mol. The molecule has 1 heterocycles. The largest absolute Gasteiger partial charge is 0.396 e. The molecule has 0 fully saturated rings. The van der Waals surface area contributed by atoms with Gasteiger partial charge in [0.25, 0.3) is 0 Å². The van der Waals surface area contributed by atoms with Gasteiger partial charge in [-0.15, -0.1) is 0 Å². The molecule has 0 amide bonds. The van der Waals surface area contributed by atoms with E-state index in [4.69, 9.17) is 17.3 Å². The second-order valence-corrected chi connectivity index (χ2v) is 4.74. The van der Waals surface area contributed by atoms with Crippen molar-refractivity contribution in [3.05, 3.63) is 45.5 Å². The Balaban J connectivity index is 2.43. The number of hydrogen-bond acceptors (Lipinski definition) is 3. The van der Waals surface area contributed by atoms with Crippen LogP contribution in [0.1, 0.15) is 0 Å². The zero-order valence-electron chi connectivity index (χ0n) is 8.85. The standard InChI is InChI=1S/C11H7BrClF2N3/c12-5-3-6(14)10(7(15)4-5)18-11-8(16)1-2-9(13)17-11/h1-4H,16H2,(H,17,18). The highest BCUT2D eigenvalue weighted by atomic mass is 79.9. The Morgan fingerprint density at radius 1 is 1.22 bits per heavy atom. The second-order valence-electron chi connectivity index (χ2n) is 3.44. The number of benzene rings is 1. The number of anilines is 3. The SMILES string of the molecule is Nc1ccc(Cl)nc1Nc1c(F)cc(Br)cc1F. The number of nitrogens with zero attached hydrogens (tertiary/aromatic N) is 1. The van der Waals surface area contributed by atoms with Crippen molar-refractivity contribution in [3.8, 4) is 0 Å². The van der Waals surface area contributed by atoms with Gasteiger partial charge in [-0.1, -0.05) is 27.5 Å². The minimum Gasteiger partial charge on any atom is -0.396 e. The number of nitrogens with two attached hydrogens (primary N) is 1. The average molecular weight is 335 g/mol. The van der Waals surface area contributed by atoms with E-state index >= 15 is 0 Å². The second kappa shape index (κ2) is 5.07. The predicted octanol–water partition coefficient (Wildman–Crippen LogP) is 4.10. The van der Waals surface area contributed by atoms with Crippen LogP contribution in [0, 0.1) is 11.6 Å². The van der Waals surface area contributed by atoms with Gasteiger partial charge in [0.1, 0.15) is 10.8 Å². The first-order valence-electron chi connectivity index (χ1n) is 4.81. The first kappa shape index (κ1) is 13.0. The normalized spacial score (nSPS) is 10.4. The molecule has 7 heteroatoms. The lowest BCUT2D eigenvalue weighted by Gasteiger charge is -2.10. The molecule has 0 bridgehead atoms. The van der Waals surface area contributed by atoms with Gasteiger partial charge in [-0.05, 0) is 24.3 Å². The summed E-state index contributed by atoms with van der Waals surface area (Å²) in [5.74, 6) is -1.42. The van der Waals surface area contributed by atoms with Gasteiger partial charge in [-0.2, -0.15) is 0 Å². The highest BCUT2D eigenvalue weighted by Gasteiger charge is 2.13. The molecule has 1 aromatic carbocycles. The van der Waals surface area contributed by atoms with E-state index < -0.39 is 11.6 Å². The molecule has 94 valence electrons. The van der Waals surface area contributed by atoms with Crippen molar-refractivity contribution in [1.82, 2.24) is 4.98 Å². The van der Waals surface area contributed by atoms with Crippen LogP contribution in [-0.4, -0.2) is 4.98 Å². The quantitative estimate of drug-likeness (QED) is 0.813. The first-order chi connectivity index (χ1) is 8.47. The van der Waals surface area contributed by atoms with Crippen molar-refractivity contribution in [2.24, 2.45) is 0 Å². The summed E-state index contributed by atoms with van der Waals surface area (Å²) in [5.41, 5.74) is 5.53. The highest BCUT2D eigenvalue weighted by molar-refractivity contribution is 9.10. The fraction of sp³-hybridized carbons (Fsp3) is 0. The van der Waals surface area contributed by atoms with Gasteiger partial charge in [0.2, 0.25) is 0 Å². The van der Waals surface area contributed by atoms with Crippen LogP contribution >= 0.6 is 27.5 Å². The molecule has 0 radical (unpaired) electrons. The minimum atomic E-state index is -0.761. The van der Waals surface area contributed by atoms with Crippen LogP contribution in [0.3, 0.4) is 0 Å².